The zero-order valence-corrected chi connectivity index (χ0v) is 15.9. The van der Waals surface area contributed by atoms with Crippen LogP contribution in [0, 0.1) is 13.8 Å². The van der Waals surface area contributed by atoms with Gasteiger partial charge in [-0.15, -0.1) is 11.3 Å². The minimum Gasteiger partial charge on any atom is -0.370 e. The summed E-state index contributed by atoms with van der Waals surface area (Å²) in [6.45, 7) is 3.97. The molecule has 7 nitrogen and oxygen atoms in total. The Morgan fingerprint density at radius 3 is 2.41 bits per heavy atom. The average molecular weight is 384 g/mol. The van der Waals surface area contributed by atoms with E-state index in [1.807, 2.05) is 31.2 Å². The number of hydrogen-bond donors (Lipinski definition) is 2. The normalized spacial score (nSPS) is 11.0. The number of benzene rings is 1. The molecule has 0 aliphatic carbocycles. The zero-order valence-electron chi connectivity index (χ0n) is 15.1. The molecule has 3 aromatic rings. The van der Waals surface area contributed by atoms with Gasteiger partial charge < -0.3 is 11.5 Å². The first-order chi connectivity index (χ1) is 12.8. The molecule has 3 rings (SSSR count). The van der Waals surface area contributed by atoms with Gasteiger partial charge in [-0.25, -0.2) is 4.98 Å². The largest absolute Gasteiger partial charge is 0.370 e. The predicted octanol–water partition coefficient (Wildman–Crippen LogP) is 2.11. The monoisotopic (exact) mass is 384 g/mol. The number of amides is 2. The standard InChI is InChI=1S/C19H20N4O3S/c1-10-5-7-12(8-6-10)17-22-18-14(11(2)15(27-18)16(21)25)19(26)23(17)9-3-4-13(20)24/h5-8H,3-4,9H2,1-2H3,(H2,20,24)(H2,21,25). The van der Waals surface area contributed by atoms with Crippen molar-refractivity contribution in [1.29, 1.82) is 0 Å². The number of carbonyl (C=O) groups is 2. The van der Waals surface area contributed by atoms with Crippen molar-refractivity contribution in [3.63, 3.8) is 0 Å². The maximum Gasteiger partial charge on any atom is 0.262 e. The fraction of sp³-hybridized carbons (Fsp3) is 0.263. The minimum absolute atomic E-state index is 0.174. The molecule has 4 N–H and O–H groups in total. The van der Waals surface area contributed by atoms with E-state index in [1.54, 1.807) is 11.5 Å². The number of carbonyl (C=O) groups excluding carboxylic acids is 2. The van der Waals surface area contributed by atoms with Crippen LogP contribution in [0.4, 0.5) is 0 Å². The van der Waals surface area contributed by atoms with Gasteiger partial charge in [-0.05, 0) is 25.8 Å². The van der Waals surface area contributed by atoms with Crippen molar-refractivity contribution in [3.8, 4) is 11.4 Å². The lowest BCUT2D eigenvalue weighted by molar-refractivity contribution is -0.118. The summed E-state index contributed by atoms with van der Waals surface area (Å²) in [5.41, 5.74) is 12.8. The molecule has 0 aliphatic rings. The first-order valence-corrected chi connectivity index (χ1v) is 9.30. The van der Waals surface area contributed by atoms with Crippen LogP contribution in [0.25, 0.3) is 21.6 Å². The maximum absolute atomic E-state index is 13.2. The van der Waals surface area contributed by atoms with Gasteiger partial charge in [0.15, 0.2) is 0 Å². The van der Waals surface area contributed by atoms with E-state index in [2.05, 4.69) is 4.98 Å². The molecule has 0 saturated heterocycles. The summed E-state index contributed by atoms with van der Waals surface area (Å²) in [5.74, 6) is -0.502. The molecular formula is C19H20N4O3S. The van der Waals surface area contributed by atoms with Gasteiger partial charge in [-0.3, -0.25) is 19.0 Å². The predicted molar refractivity (Wildman–Crippen MR) is 106 cm³/mol. The fourth-order valence-electron chi connectivity index (χ4n) is 2.99. The molecule has 0 bridgehead atoms. The van der Waals surface area contributed by atoms with E-state index in [0.29, 0.717) is 39.4 Å². The van der Waals surface area contributed by atoms with Crippen molar-refractivity contribution in [1.82, 2.24) is 9.55 Å². The highest BCUT2D eigenvalue weighted by Crippen LogP contribution is 2.29. The second-order valence-electron chi connectivity index (χ2n) is 6.43. The van der Waals surface area contributed by atoms with Gasteiger partial charge >= 0.3 is 0 Å². The van der Waals surface area contributed by atoms with Gasteiger partial charge in [0.1, 0.15) is 10.7 Å². The molecule has 2 aromatic heterocycles. The summed E-state index contributed by atoms with van der Waals surface area (Å²) in [5, 5.41) is 0.392. The van der Waals surface area contributed by atoms with E-state index < -0.39 is 11.8 Å². The van der Waals surface area contributed by atoms with Crippen molar-refractivity contribution >= 4 is 33.4 Å². The second-order valence-corrected chi connectivity index (χ2v) is 7.43. The fourth-order valence-corrected chi connectivity index (χ4v) is 4.02. The Kier molecular flexibility index (Phi) is 5.09. The van der Waals surface area contributed by atoms with E-state index in [1.165, 1.54) is 0 Å². The number of nitrogens with two attached hydrogens (primary N) is 2. The molecule has 0 unspecified atom stereocenters. The Hall–Kier alpha value is -3.00. The van der Waals surface area contributed by atoms with Crippen LogP contribution in [0.3, 0.4) is 0 Å². The molecule has 0 aliphatic heterocycles. The average Bonchev–Trinajstić information content (AvgIpc) is 2.94. The lowest BCUT2D eigenvalue weighted by Crippen LogP contribution is -2.24. The molecule has 2 heterocycles. The number of rotatable bonds is 6. The van der Waals surface area contributed by atoms with E-state index in [4.69, 9.17) is 11.5 Å². The summed E-state index contributed by atoms with van der Waals surface area (Å²) < 4.78 is 1.54. The summed E-state index contributed by atoms with van der Waals surface area (Å²) in [6, 6.07) is 7.66. The molecule has 27 heavy (non-hydrogen) atoms. The Labute approximate surface area is 159 Å². The number of aromatic nitrogens is 2. The lowest BCUT2D eigenvalue weighted by atomic mass is 10.1. The van der Waals surface area contributed by atoms with Crippen molar-refractivity contribution < 1.29 is 9.59 Å². The second kappa shape index (κ2) is 7.32. The summed E-state index contributed by atoms with van der Waals surface area (Å²) >= 11 is 1.12. The van der Waals surface area contributed by atoms with Crippen LogP contribution >= 0.6 is 11.3 Å². The minimum atomic E-state index is -0.577. The van der Waals surface area contributed by atoms with Gasteiger partial charge in [-0.2, -0.15) is 0 Å². The summed E-state index contributed by atoms with van der Waals surface area (Å²) in [6.07, 6.45) is 0.597. The number of aryl methyl sites for hydroxylation is 2. The molecule has 0 radical (unpaired) electrons. The lowest BCUT2D eigenvalue weighted by Gasteiger charge is -2.12. The Balaban J connectivity index is 2.24. The third kappa shape index (κ3) is 3.61. The van der Waals surface area contributed by atoms with Gasteiger partial charge in [0.25, 0.3) is 11.5 Å². The topological polar surface area (TPSA) is 121 Å². The van der Waals surface area contributed by atoms with Crippen LogP contribution in [0.15, 0.2) is 29.1 Å². The van der Waals surface area contributed by atoms with Gasteiger partial charge in [-0.1, -0.05) is 29.8 Å². The molecule has 2 amide bonds. The van der Waals surface area contributed by atoms with Crippen molar-refractivity contribution in [2.45, 2.75) is 33.2 Å². The van der Waals surface area contributed by atoms with Crippen LogP contribution in [0.1, 0.15) is 33.6 Å². The smallest absolute Gasteiger partial charge is 0.262 e. The molecule has 1 aromatic carbocycles. The Morgan fingerprint density at radius 1 is 1.15 bits per heavy atom. The summed E-state index contributed by atoms with van der Waals surface area (Å²) in [4.78, 5) is 41.4. The van der Waals surface area contributed by atoms with E-state index >= 15 is 0 Å². The van der Waals surface area contributed by atoms with Crippen LogP contribution in [-0.2, 0) is 11.3 Å². The Morgan fingerprint density at radius 2 is 1.81 bits per heavy atom. The number of nitrogens with zero attached hydrogens (tertiary/aromatic N) is 2. The molecule has 140 valence electrons. The number of hydrogen-bond acceptors (Lipinski definition) is 5. The number of fused-ring (bicyclic) bond motifs is 1. The van der Waals surface area contributed by atoms with Gasteiger partial charge in [0.05, 0.1) is 10.3 Å². The Bertz CT molecular complexity index is 1100. The molecule has 0 atom stereocenters. The molecule has 8 heteroatoms. The molecule has 0 spiro atoms. The van der Waals surface area contributed by atoms with E-state index in [0.717, 1.165) is 22.5 Å². The van der Waals surface area contributed by atoms with Crippen molar-refractivity contribution in [2.75, 3.05) is 0 Å². The van der Waals surface area contributed by atoms with Gasteiger partial charge in [0, 0.05) is 18.5 Å². The first kappa shape index (κ1) is 18.8. The third-order valence-electron chi connectivity index (χ3n) is 4.39. The van der Waals surface area contributed by atoms with E-state index in [-0.39, 0.29) is 12.0 Å². The molecule has 0 fully saturated rings. The molecule has 0 saturated carbocycles. The number of primary amides is 2. The maximum atomic E-state index is 13.2. The highest BCUT2D eigenvalue weighted by Gasteiger charge is 2.20. The SMILES string of the molecule is Cc1ccc(-c2nc3sc(C(N)=O)c(C)c3c(=O)n2CCCC(N)=O)cc1. The molecular weight excluding hydrogens is 364 g/mol. The van der Waals surface area contributed by atoms with Crippen molar-refractivity contribution in [2.24, 2.45) is 11.5 Å². The number of thiophene rings is 1. The van der Waals surface area contributed by atoms with Crippen LogP contribution in [0.2, 0.25) is 0 Å². The van der Waals surface area contributed by atoms with Crippen LogP contribution in [-0.4, -0.2) is 21.4 Å². The first-order valence-electron chi connectivity index (χ1n) is 8.48. The highest BCUT2D eigenvalue weighted by molar-refractivity contribution is 7.20. The summed E-state index contributed by atoms with van der Waals surface area (Å²) in [7, 11) is 0. The highest BCUT2D eigenvalue weighted by atomic mass is 32.1. The quantitative estimate of drug-likeness (QED) is 0.676. The van der Waals surface area contributed by atoms with Crippen LogP contribution < -0.4 is 17.0 Å². The van der Waals surface area contributed by atoms with Crippen molar-refractivity contribution in [3.05, 3.63) is 50.6 Å². The third-order valence-corrected chi connectivity index (χ3v) is 5.59. The van der Waals surface area contributed by atoms with Gasteiger partial charge in [0.2, 0.25) is 5.91 Å². The van der Waals surface area contributed by atoms with Crippen LogP contribution in [0.5, 0.6) is 0 Å². The zero-order chi connectivity index (χ0) is 19.7. The van der Waals surface area contributed by atoms with E-state index in [9.17, 15) is 14.4 Å².